The maximum absolute atomic E-state index is 12.8. The Labute approximate surface area is 148 Å². The predicted molar refractivity (Wildman–Crippen MR) is 94.6 cm³/mol. The molecule has 2 fully saturated rings. The van der Waals surface area contributed by atoms with Crippen LogP contribution >= 0.6 is 11.6 Å². The van der Waals surface area contributed by atoms with Crippen molar-refractivity contribution < 1.29 is 9.90 Å². The molecule has 0 unspecified atom stereocenters. The maximum atomic E-state index is 12.8. The fourth-order valence-electron chi connectivity index (χ4n) is 4.67. The van der Waals surface area contributed by atoms with Crippen LogP contribution in [0.5, 0.6) is 0 Å². The average molecular weight is 346 g/mol. The van der Waals surface area contributed by atoms with Crippen molar-refractivity contribution in [2.75, 3.05) is 13.1 Å². The Morgan fingerprint density at radius 3 is 2.42 bits per heavy atom. The molecule has 128 valence electrons. The molecule has 24 heavy (non-hydrogen) atoms. The Kier molecular flexibility index (Phi) is 4.40. The van der Waals surface area contributed by atoms with Crippen LogP contribution in [0, 0.1) is 23.7 Å². The second kappa shape index (κ2) is 6.53. The second-order valence-electron chi connectivity index (χ2n) is 7.55. The number of aliphatic hydroxyl groups is 1. The molecule has 2 aliphatic carbocycles. The van der Waals surface area contributed by atoms with Gasteiger partial charge >= 0.3 is 0 Å². The minimum absolute atomic E-state index is 0.206. The zero-order chi connectivity index (χ0) is 16.7. The van der Waals surface area contributed by atoms with Gasteiger partial charge < -0.3 is 10.0 Å². The van der Waals surface area contributed by atoms with Gasteiger partial charge in [0.25, 0.3) is 0 Å². The molecule has 1 heterocycles. The van der Waals surface area contributed by atoms with E-state index in [0.29, 0.717) is 22.8 Å². The van der Waals surface area contributed by atoms with Gasteiger partial charge in [0.05, 0.1) is 6.10 Å². The molecule has 1 aliphatic heterocycles. The number of aliphatic hydroxyl groups excluding tert-OH is 1. The van der Waals surface area contributed by atoms with E-state index in [-0.39, 0.29) is 11.8 Å². The van der Waals surface area contributed by atoms with Gasteiger partial charge in [0.15, 0.2) is 0 Å². The summed E-state index contributed by atoms with van der Waals surface area (Å²) in [6, 6.07) is 7.43. The fourth-order valence-corrected chi connectivity index (χ4v) is 4.79. The lowest BCUT2D eigenvalue weighted by molar-refractivity contribution is -0.138. The van der Waals surface area contributed by atoms with Gasteiger partial charge in [0.1, 0.15) is 0 Å². The van der Waals surface area contributed by atoms with E-state index in [2.05, 4.69) is 12.2 Å². The lowest BCUT2D eigenvalue weighted by Crippen LogP contribution is -2.43. The van der Waals surface area contributed by atoms with Crippen molar-refractivity contribution in [3.8, 4) is 0 Å². The van der Waals surface area contributed by atoms with E-state index in [1.54, 1.807) is 0 Å². The number of nitrogens with zero attached hydrogens (tertiary/aromatic N) is 1. The van der Waals surface area contributed by atoms with Crippen LogP contribution in [-0.2, 0) is 4.79 Å². The van der Waals surface area contributed by atoms with Gasteiger partial charge in [0.2, 0.25) is 5.91 Å². The predicted octanol–water partition coefficient (Wildman–Crippen LogP) is 3.82. The first-order valence-corrected chi connectivity index (χ1v) is 9.40. The number of amides is 1. The summed E-state index contributed by atoms with van der Waals surface area (Å²) in [4.78, 5) is 14.8. The minimum atomic E-state index is -0.468. The first-order chi connectivity index (χ1) is 11.6. The van der Waals surface area contributed by atoms with Gasteiger partial charge in [-0.15, -0.1) is 0 Å². The SMILES string of the molecule is O=C([C@@H]1C[C@H]2C=C[C@H]1C2)N1CCC([C@H](O)c2ccc(Cl)cc2)CC1. The third kappa shape index (κ3) is 3.00. The lowest BCUT2D eigenvalue weighted by Gasteiger charge is -2.36. The highest BCUT2D eigenvalue weighted by atomic mass is 35.5. The summed E-state index contributed by atoms with van der Waals surface area (Å²) in [5.41, 5.74) is 0.919. The van der Waals surface area contributed by atoms with Crippen molar-refractivity contribution in [1.29, 1.82) is 0 Å². The molecule has 1 saturated heterocycles. The van der Waals surface area contributed by atoms with Crippen LogP contribution in [0.25, 0.3) is 0 Å². The summed E-state index contributed by atoms with van der Waals surface area (Å²) in [7, 11) is 0. The number of carbonyl (C=O) groups excluding carboxylic acids is 1. The molecule has 0 spiro atoms. The Bertz CT molecular complexity index is 634. The topological polar surface area (TPSA) is 40.5 Å². The standard InChI is InChI=1S/C20H24ClNO2/c21-17-5-3-14(4-6-17)19(23)15-7-9-22(10-8-15)20(24)18-12-13-1-2-16(18)11-13/h1-6,13,15-16,18-19,23H,7-12H2/t13-,16-,18+,19+/m0/s1. The smallest absolute Gasteiger partial charge is 0.226 e. The summed E-state index contributed by atoms with van der Waals surface area (Å²) in [5, 5.41) is 11.3. The van der Waals surface area contributed by atoms with Crippen LogP contribution < -0.4 is 0 Å². The molecular formula is C20H24ClNO2. The van der Waals surface area contributed by atoms with E-state index in [1.807, 2.05) is 29.2 Å². The van der Waals surface area contributed by atoms with E-state index < -0.39 is 6.10 Å². The van der Waals surface area contributed by atoms with E-state index in [9.17, 15) is 9.90 Å². The summed E-state index contributed by atoms with van der Waals surface area (Å²) in [6.07, 6.45) is 8.00. The highest BCUT2D eigenvalue weighted by Gasteiger charge is 2.42. The Morgan fingerprint density at radius 2 is 1.83 bits per heavy atom. The van der Waals surface area contributed by atoms with Gasteiger partial charge in [-0.1, -0.05) is 35.9 Å². The van der Waals surface area contributed by atoms with Crippen molar-refractivity contribution in [3.63, 3.8) is 0 Å². The van der Waals surface area contributed by atoms with Crippen molar-refractivity contribution in [2.45, 2.75) is 31.8 Å². The van der Waals surface area contributed by atoms with Gasteiger partial charge in [-0.25, -0.2) is 0 Å². The molecule has 1 amide bonds. The first kappa shape index (κ1) is 16.2. The van der Waals surface area contributed by atoms with Crippen molar-refractivity contribution in [3.05, 3.63) is 47.0 Å². The zero-order valence-corrected chi connectivity index (χ0v) is 14.5. The third-order valence-corrected chi connectivity index (χ3v) is 6.36. The highest BCUT2D eigenvalue weighted by Crippen LogP contribution is 2.44. The van der Waals surface area contributed by atoms with Crippen LogP contribution in [0.15, 0.2) is 36.4 Å². The summed E-state index contributed by atoms with van der Waals surface area (Å²) in [6.45, 7) is 1.54. The first-order valence-electron chi connectivity index (χ1n) is 9.02. The number of fused-ring (bicyclic) bond motifs is 2. The zero-order valence-electron chi connectivity index (χ0n) is 13.8. The quantitative estimate of drug-likeness (QED) is 0.846. The van der Waals surface area contributed by atoms with Crippen LogP contribution in [0.3, 0.4) is 0 Å². The van der Waals surface area contributed by atoms with Gasteiger partial charge in [-0.2, -0.15) is 0 Å². The van der Waals surface area contributed by atoms with Crippen LogP contribution in [0.4, 0.5) is 0 Å². The lowest BCUT2D eigenvalue weighted by atomic mass is 9.86. The Hall–Kier alpha value is -1.32. The second-order valence-corrected chi connectivity index (χ2v) is 7.98. The number of likely N-dealkylation sites (tertiary alicyclic amines) is 1. The molecule has 1 aromatic carbocycles. The van der Waals surface area contributed by atoms with Crippen molar-refractivity contribution in [1.82, 2.24) is 4.90 Å². The van der Waals surface area contributed by atoms with Gasteiger partial charge in [-0.3, -0.25) is 4.79 Å². The van der Waals surface area contributed by atoms with Crippen LogP contribution in [0.1, 0.15) is 37.4 Å². The number of allylic oxidation sites excluding steroid dienone is 2. The van der Waals surface area contributed by atoms with E-state index in [1.165, 1.54) is 6.42 Å². The Morgan fingerprint density at radius 1 is 1.12 bits per heavy atom. The molecule has 4 atom stereocenters. The number of hydrogen-bond acceptors (Lipinski definition) is 2. The number of carbonyl (C=O) groups is 1. The van der Waals surface area contributed by atoms with Crippen LogP contribution in [0.2, 0.25) is 5.02 Å². The molecule has 4 rings (SSSR count). The molecule has 0 radical (unpaired) electrons. The minimum Gasteiger partial charge on any atom is -0.388 e. The maximum Gasteiger partial charge on any atom is 0.226 e. The normalized spacial score (nSPS) is 30.8. The molecule has 4 heteroatoms. The summed E-state index contributed by atoms with van der Waals surface area (Å²) < 4.78 is 0. The van der Waals surface area contributed by atoms with Crippen molar-refractivity contribution >= 4 is 17.5 Å². The van der Waals surface area contributed by atoms with E-state index in [4.69, 9.17) is 11.6 Å². The number of halogens is 1. The molecule has 1 aromatic rings. The molecular weight excluding hydrogens is 322 g/mol. The highest BCUT2D eigenvalue weighted by molar-refractivity contribution is 6.30. The third-order valence-electron chi connectivity index (χ3n) is 6.11. The monoisotopic (exact) mass is 345 g/mol. The van der Waals surface area contributed by atoms with E-state index in [0.717, 1.165) is 37.9 Å². The molecule has 0 aromatic heterocycles. The van der Waals surface area contributed by atoms with Gasteiger partial charge in [-0.05, 0) is 61.1 Å². The fraction of sp³-hybridized carbons (Fsp3) is 0.550. The number of benzene rings is 1. The van der Waals surface area contributed by atoms with E-state index >= 15 is 0 Å². The number of hydrogen-bond donors (Lipinski definition) is 1. The molecule has 1 N–H and O–H groups in total. The largest absolute Gasteiger partial charge is 0.388 e. The molecule has 2 bridgehead atoms. The summed E-state index contributed by atoms with van der Waals surface area (Å²) >= 11 is 5.91. The Balaban J connectivity index is 1.34. The number of piperidine rings is 1. The number of rotatable bonds is 3. The average Bonchev–Trinajstić information content (AvgIpc) is 3.25. The molecule has 1 saturated carbocycles. The summed E-state index contributed by atoms with van der Waals surface area (Å²) in [5.74, 6) is 1.87. The van der Waals surface area contributed by atoms with Gasteiger partial charge in [0, 0.05) is 24.0 Å². The van der Waals surface area contributed by atoms with Crippen molar-refractivity contribution in [2.24, 2.45) is 23.7 Å². The van der Waals surface area contributed by atoms with Crippen LogP contribution in [-0.4, -0.2) is 29.0 Å². The molecule has 3 aliphatic rings. The molecule has 3 nitrogen and oxygen atoms in total.